The number of ether oxygens (including phenoxy) is 2. The third kappa shape index (κ3) is 6.53. The summed E-state index contributed by atoms with van der Waals surface area (Å²) in [5.41, 5.74) is 6.18. The zero-order valence-corrected chi connectivity index (χ0v) is 21.9. The van der Waals surface area contributed by atoms with Crippen LogP contribution < -0.4 is 14.9 Å². The van der Waals surface area contributed by atoms with Crippen molar-refractivity contribution in [2.24, 2.45) is 5.10 Å². The van der Waals surface area contributed by atoms with E-state index in [4.69, 9.17) is 21.1 Å². The predicted molar refractivity (Wildman–Crippen MR) is 147 cm³/mol. The molecule has 7 heteroatoms. The summed E-state index contributed by atoms with van der Waals surface area (Å²) < 4.78 is 12.2. The van der Waals surface area contributed by atoms with Crippen LogP contribution in [0.15, 0.2) is 107 Å². The Bertz CT molecular complexity index is 1290. The van der Waals surface area contributed by atoms with E-state index in [1.54, 1.807) is 19.4 Å². The van der Waals surface area contributed by atoms with Crippen molar-refractivity contribution in [2.45, 2.75) is 12.5 Å². The molecule has 0 atom stereocenters. The summed E-state index contributed by atoms with van der Waals surface area (Å²) in [7, 11) is 1.57. The number of hydrogen-bond acceptors (Lipinski definition) is 4. The van der Waals surface area contributed by atoms with E-state index in [0.29, 0.717) is 27.6 Å². The van der Waals surface area contributed by atoms with Gasteiger partial charge in [0.1, 0.15) is 6.61 Å². The zero-order chi connectivity index (χ0) is 25.3. The lowest BCUT2D eigenvalue weighted by atomic mass is 9.91. The van der Waals surface area contributed by atoms with Gasteiger partial charge in [0.25, 0.3) is 5.91 Å². The quantitative estimate of drug-likeness (QED) is 0.177. The minimum atomic E-state index is -0.477. The largest absolute Gasteiger partial charge is 0.493 e. The molecule has 0 unspecified atom stereocenters. The summed E-state index contributed by atoms with van der Waals surface area (Å²) >= 11 is 9.51. The molecule has 0 heterocycles. The van der Waals surface area contributed by atoms with Gasteiger partial charge in [-0.1, -0.05) is 84.4 Å². The van der Waals surface area contributed by atoms with Crippen LogP contribution in [-0.4, -0.2) is 19.2 Å². The second kappa shape index (κ2) is 12.4. The summed E-state index contributed by atoms with van der Waals surface area (Å²) in [5, 5.41) is 4.88. The van der Waals surface area contributed by atoms with Crippen LogP contribution in [0.1, 0.15) is 28.2 Å². The van der Waals surface area contributed by atoms with Gasteiger partial charge in [0.05, 0.1) is 23.7 Å². The van der Waals surface area contributed by atoms with Crippen LogP contribution in [-0.2, 0) is 11.4 Å². The highest BCUT2D eigenvalue weighted by atomic mass is 79.9. The van der Waals surface area contributed by atoms with Crippen molar-refractivity contribution in [1.82, 2.24) is 5.43 Å². The Morgan fingerprint density at radius 3 is 2.17 bits per heavy atom. The van der Waals surface area contributed by atoms with Gasteiger partial charge >= 0.3 is 0 Å². The number of benzene rings is 4. The summed E-state index contributed by atoms with van der Waals surface area (Å²) in [6.07, 6.45) is 1.57. The van der Waals surface area contributed by atoms with Gasteiger partial charge in [-0.2, -0.15) is 5.10 Å². The Kier molecular flexibility index (Phi) is 8.76. The molecule has 4 rings (SSSR count). The molecule has 1 amide bonds. The first kappa shape index (κ1) is 25.5. The third-order valence-corrected chi connectivity index (χ3v) is 6.31. The Morgan fingerprint density at radius 1 is 0.972 bits per heavy atom. The summed E-state index contributed by atoms with van der Waals surface area (Å²) in [6.45, 7) is 0.357. The highest BCUT2D eigenvalue weighted by Gasteiger charge is 2.22. The van der Waals surface area contributed by atoms with E-state index in [1.165, 1.54) is 0 Å². The molecule has 1 N–H and O–H groups in total. The van der Waals surface area contributed by atoms with Crippen LogP contribution in [0, 0.1) is 0 Å². The second-order valence-electron chi connectivity index (χ2n) is 7.94. The minimum absolute atomic E-state index is 0.224. The van der Waals surface area contributed by atoms with Gasteiger partial charge in [-0.25, -0.2) is 5.43 Å². The molecule has 5 nitrogen and oxygen atoms in total. The highest BCUT2D eigenvalue weighted by molar-refractivity contribution is 9.10. The number of carbonyl (C=O) groups is 1. The maximum atomic E-state index is 13.1. The number of amides is 1. The molecule has 0 saturated heterocycles. The molecular formula is C29H24BrClN2O3. The number of nitrogens with zero attached hydrogens (tertiary/aromatic N) is 1. The first-order valence-corrected chi connectivity index (χ1v) is 12.4. The normalized spacial score (nSPS) is 11.0. The molecule has 0 spiro atoms. The molecule has 0 radical (unpaired) electrons. The topological polar surface area (TPSA) is 59.9 Å². The predicted octanol–water partition coefficient (Wildman–Crippen LogP) is 6.97. The Morgan fingerprint density at radius 2 is 1.58 bits per heavy atom. The first-order valence-electron chi connectivity index (χ1n) is 11.2. The van der Waals surface area contributed by atoms with Crippen molar-refractivity contribution in [3.8, 4) is 11.5 Å². The molecule has 0 aliphatic heterocycles. The maximum Gasteiger partial charge on any atom is 0.252 e. The molecule has 36 heavy (non-hydrogen) atoms. The van der Waals surface area contributed by atoms with Crippen LogP contribution in [0.4, 0.5) is 0 Å². The number of rotatable bonds is 9. The fraction of sp³-hybridized carbons (Fsp3) is 0.103. The van der Waals surface area contributed by atoms with E-state index in [0.717, 1.165) is 22.3 Å². The summed E-state index contributed by atoms with van der Waals surface area (Å²) in [4.78, 5) is 13.1. The van der Waals surface area contributed by atoms with Gasteiger partial charge in [0.2, 0.25) is 0 Å². The number of halogens is 2. The molecule has 4 aromatic carbocycles. The number of hydrogen-bond donors (Lipinski definition) is 1. The minimum Gasteiger partial charge on any atom is -0.493 e. The molecule has 4 aromatic rings. The van der Waals surface area contributed by atoms with Gasteiger partial charge < -0.3 is 9.47 Å². The van der Waals surface area contributed by atoms with E-state index in [2.05, 4.69) is 26.5 Å². The lowest BCUT2D eigenvalue weighted by Gasteiger charge is -2.16. The molecule has 182 valence electrons. The highest BCUT2D eigenvalue weighted by Crippen LogP contribution is 2.37. The second-order valence-corrected chi connectivity index (χ2v) is 9.23. The van der Waals surface area contributed by atoms with Crippen molar-refractivity contribution < 1.29 is 14.3 Å². The molecular weight excluding hydrogens is 540 g/mol. The van der Waals surface area contributed by atoms with Crippen molar-refractivity contribution in [3.05, 3.63) is 129 Å². The van der Waals surface area contributed by atoms with Gasteiger partial charge in [-0.3, -0.25) is 4.79 Å². The number of methoxy groups -OCH3 is 1. The molecule has 0 aliphatic carbocycles. The number of hydrazone groups is 1. The maximum absolute atomic E-state index is 13.1. The summed E-state index contributed by atoms with van der Waals surface area (Å²) in [5.74, 6) is 0.409. The van der Waals surface area contributed by atoms with Crippen LogP contribution in [0.2, 0.25) is 5.02 Å². The molecule has 0 aliphatic rings. The monoisotopic (exact) mass is 562 g/mol. The lowest BCUT2D eigenvalue weighted by molar-refractivity contribution is -0.121. The smallest absolute Gasteiger partial charge is 0.252 e. The molecule has 0 aromatic heterocycles. The Balaban J connectivity index is 1.48. The SMILES string of the molecule is COc1cc(/C=N/NC(=O)C(c2ccccc2)c2ccccc2)cc(Br)c1OCc1ccc(Cl)cc1. The Labute approximate surface area is 223 Å². The lowest BCUT2D eigenvalue weighted by Crippen LogP contribution is -2.26. The van der Waals surface area contributed by atoms with Crippen molar-refractivity contribution in [3.63, 3.8) is 0 Å². The van der Waals surface area contributed by atoms with Crippen LogP contribution in [0.25, 0.3) is 0 Å². The molecule has 0 fully saturated rings. The number of nitrogens with one attached hydrogen (secondary N) is 1. The van der Waals surface area contributed by atoms with Gasteiger partial charge in [0, 0.05) is 5.02 Å². The van der Waals surface area contributed by atoms with Gasteiger partial charge in [0.15, 0.2) is 11.5 Å². The van der Waals surface area contributed by atoms with E-state index < -0.39 is 5.92 Å². The van der Waals surface area contributed by atoms with Crippen LogP contribution in [0.5, 0.6) is 11.5 Å². The Hall–Kier alpha value is -3.61. The van der Waals surface area contributed by atoms with E-state index >= 15 is 0 Å². The standard InChI is InChI=1S/C29H24BrClN2O3/c1-35-26-17-21(16-25(30)28(26)36-19-20-12-14-24(31)15-13-20)18-32-33-29(34)27(22-8-4-2-5-9-22)23-10-6-3-7-11-23/h2-18,27H,19H2,1H3,(H,33,34)/b32-18+. The van der Waals surface area contributed by atoms with E-state index in [-0.39, 0.29) is 5.91 Å². The van der Waals surface area contributed by atoms with Crippen molar-refractivity contribution in [1.29, 1.82) is 0 Å². The van der Waals surface area contributed by atoms with Crippen LogP contribution in [0.3, 0.4) is 0 Å². The van der Waals surface area contributed by atoms with E-state index in [1.807, 2.05) is 91.0 Å². The molecule has 0 saturated carbocycles. The third-order valence-electron chi connectivity index (χ3n) is 5.46. The average Bonchev–Trinajstić information content (AvgIpc) is 2.90. The van der Waals surface area contributed by atoms with Crippen LogP contribution >= 0.6 is 27.5 Å². The molecule has 0 bridgehead atoms. The average molecular weight is 564 g/mol. The first-order chi connectivity index (χ1) is 17.5. The zero-order valence-electron chi connectivity index (χ0n) is 19.5. The summed E-state index contributed by atoms with van der Waals surface area (Å²) in [6, 6.07) is 30.4. The van der Waals surface area contributed by atoms with E-state index in [9.17, 15) is 4.79 Å². The number of carbonyl (C=O) groups excluding carboxylic acids is 1. The van der Waals surface area contributed by atoms with Gasteiger partial charge in [-0.05, 0) is 62.4 Å². The fourth-order valence-corrected chi connectivity index (χ4v) is 4.41. The fourth-order valence-electron chi connectivity index (χ4n) is 3.71. The van der Waals surface area contributed by atoms with Crippen molar-refractivity contribution >= 4 is 39.7 Å². The van der Waals surface area contributed by atoms with Gasteiger partial charge in [-0.15, -0.1) is 0 Å². The van der Waals surface area contributed by atoms with Crippen molar-refractivity contribution in [2.75, 3.05) is 7.11 Å².